The van der Waals surface area contributed by atoms with Crippen LogP contribution in [0.1, 0.15) is 245 Å². The van der Waals surface area contributed by atoms with Crippen molar-refractivity contribution in [3.63, 3.8) is 0 Å². The molecule has 0 heterocycles. The Morgan fingerprint density at radius 3 is 1.28 bits per heavy atom. The summed E-state index contributed by atoms with van der Waals surface area (Å²) in [7, 11) is 1.66. The number of nitrogens with zero attached hydrogens (tertiary/aromatic N) is 1. The van der Waals surface area contributed by atoms with E-state index >= 15 is 0 Å². The maximum Gasteiger partial charge on any atom is 0.472 e. The summed E-state index contributed by atoms with van der Waals surface area (Å²) in [6, 6.07) is 0. The van der Waals surface area contributed by atoms with Gasteiger partial charge in [0.25, 0.3) is 0 Å². The minimum Gasteiger partial charge on any atom is -0.457 e. The smallest absolute Gasteiger partial charge is 0.457 e. The Morgan fingerprint density at radius 1 is 0.464 bits per heavy atom. The van der Waals surface area contributed by atoms with Crippen LogP contribution < -0.4 is 0 Å². The Hall–Kier alpha value is -2.06. The number of quaternary nitrogens is 1. The Labute approximate surface area is 427 Å². The number of carbonyl (C=O) groups is 1. The Kier molecular flexibility index (Phi) is 50.7. The van der Waals surface area contributed by atoms with E-state index in [-0.39, 0.29) is 25.8 Å². The largest absolute Gasteiger partial charge is 0.472 e. The van der Waals surface area contributed by atoms with Crippen molar-refractivity contribution >= 4 is 13.8 Å². The number of unbranched alkanes of at least 4 members (excludes halogenated alkanes) is 27. The van der Waals surface area contributed by atoms with Crippen LogP contribution in [0, 0.1) is 0 Å². The molecule has 0 aliphatic carbocycles. The molecule has 0 aromatic rings. The minimum absolute atomic E-state index is 0.0842. The fraction of sp³-hybridized carbons (Fsp3) is 0.783. The number of hydrogen-bond donors (Lipinski definition) is 1. The van der Waals surface area contributed by atoms with E-state index < -0.39 is 13.9 Å². The minimum atomic E-state index is -4.29. The third-order valence-electron chi connectivity index (χ3n) is 12.3. The summed E-state index contributed by atoms with van der Waals surface area (Å²) in [5, 5.41) is 0. The van der Waals surface area contributed by atoms with Crippen molar-refractivity contribution < 1.29 is 37.3 Å². The second-order valence-electron chi connectivity index (χ2n) is 20.3. The summed E-state index contributed by atoms with van der Waals surface area (Å²) >= 11 is 0. The molecular weight excluding hydrogens is 878 g/mol. The second-order valence-corrected chi connectivity index (χ2v) is 21.7. The predicted molar refractivity (Wildman–Crippen MR) is 298 cm³/mol. The Morgan fingerprint density at radius 2 is 0.841 bits per heavy atom. The van der Waals surface area contributed by atoms with E-state index in [1.807, 2.05) is 21.1 Å². The first-order valence-electron chi connectivity index (χ1n) is 28.7. The number of phosphoric acid groups is 1. The third-order valence-corrected chi connectivity index (χ3v) is 13.2. The highest BCUT2D eigenvalue weighted by Crippen LogP contribution is 2.43. The van der Waals surface area contributed by atoms with Crippen molar-refractivity contribution in [1.29, 1.82) is 0 Å². The molecule has 0 bridgehead atoms. The molecule has 1 N–H and O–H groups in total. The van der Waals surface area contributed by atoms with Crippen molar-refractivity contribution in [2.45, 2.75) is 251 Å². The zero-order valence-corrected chi connectivity index (χ0v) is 46.7. The van der Waals surface area contributed by atoms with Crippen LogP contribution in [0.15, 0.2) is 72.9 Å². The van der Waals surface area contributed by atoms with Gasteiger partial charge in [0.15, 0.2) is 0 Å². The highest BCUT2D eigenvalue weighted by molar-refractivity contribution is 7.47. The first kappa shape index (κ1) is 66.9. The molecule has 2 unspecified atom stereocenters. The molecule has 0 amide bonds. The van der Waals surface area contributed by atoms with E-state index in [4.69, 9.17) is 18.5 Å². The zero-order chi connectivity index (χ0) is 50.5. The maximum atomic E-state index is 12.8. The molecule has 0 aromatic carbocycles. The lowest BCUT2D eigenvalue weighted by molar-refractivity contribution is -0.870. The number of likely N-dealkylation sites (N-methyl/N-ethyl adjacent to an activating group) is 1. The number of esters is 1. The van der Waals surface area contributed by atoms with Gasteiger partial charge in [-0.05, 0) is 83.5 Å². The van der Waals surface area contributed by atoms with Gasteiger partial charge in [0.05, 0.1) is 34.4 Å². The number of phosphoric ester groups is 1. The normalized spacial score (nSPS) is 14.0. The van der Waals surface area contributed by atoms with Crippen LogP contribution in [0.5, 0.6) is 0 Å². The number of rotatable bonds is 53. The molecule has 402 valence electrons. The molecule has 9 heteroatoms. The van der Waals surface area contributed by atoms with Crippen molar-refractivity contribution in [2.75, 3.05) is 54.1 Å². The molecule has 0 radical (unpaired) electrons. The predicted octanol–water partition coefficient (Wildman–Crippen LogP) is 18.2. The lowest BCUT2D eigenvalue weighted by atomic mass is 10.0. The maximum absolute atomic E-state index is 12.8. The summed E-state index contributed by atoms with van der Waals surface area (Å²) in [5.74, 6) is -0.317. The SMILES string of the molecule is CC/C=C\C/C=C\C/C=C\C/C=C\C/C=C\CCCCCCCCCCOCC(COP(=O)(O)OCC[N+](C)(C)C)OC(=O)CCCCCCCCCCCCC/C=C\CCCCCCCCCC. The van der Waals surface area contributed by atoms with Crippen LogP contribution in [0.3, 0.4) is 0 Å². The van der Waals surface area contributed by atoms with E-state index in [2.05, 4.69) is 86.8 Å². The van der Waals surface area contributed by atoms with E-state index in [0.29, 0.717) is 24.1 Å². The molecule has 0 saturated carbocycles. The van der Waals surface area contributed by atoms with Gasteiger partial charge in [-0.2, -0.15) is 0 Å². The second kappa shape index (κ2) is 52.3. The topological polar surface area (TPSA) is 91.3 Å². The third kappa shape index (κ3) is 56.7. The molecule has 0 aliphatic heterocycles. The van der Waals surface area contributed by atoms with Gasteiger partial charge in [-0.3, -0.25) is 13.8 Å². The van der Waals surface area contributed by atoms with Crippen LogP contribution >= 0.6 is 7.82 Å². The van der Waals surface area contributed by atoms with Gasteiger partial charge in [0, 0.05) is 13.0 Å². The van der Waals surface area contributed by atoms with Crippen LogP contribution in [-0.4, -0.2) is 75.6 Å². The van der Waals surface area contributed by atoms with E-state index in [9.17, 15) is 14.3 Å². The lowest BCUT2D eigenvalue weighted by Crippen LogP contribution is -2.37. The van der Waals surface area contributed by atoms with E-state index in [1.165, 1.54) is 154 Å². The van der Waals surface area contributed by atoms with Crippen molar-refractivity contribution in [3.05, 3.63) is 72.9 Å². The van der Waals surface area contributed by atoms with Crippen molar-refractivity contribution in [3.8, 4) is 0 Å². The summed E-state index contributed by atoms with van der Waals surface area (Å²) in [6.45, 7) is 5.51. The summed E-state index contributed by atoms with van der Waals surface area (Å²) < 4.78 is 35.3. The highest BCUT2D eigenvalue weighted by atomic mass is 31.2. The molecule has 0 rings (SSSR count). The number of allylic oxidation sites excluding steroid dienone is 12. The van der Waals surface area contributed by atoms with Crippen LogP contribution in [0.25, 0.3) is 0 Å². The van der Waals surface area contributed by atoms with Gasteiger partial charge in [-0.15, -0.1) is 0 Å². The van der Waals surface area contributed by atoms with Gasteiger partial charge in [0.1, 0.15) is 19.3 Å². The molecule has 0 aliphatic rings. The number of hydrogen-bond acceptors (Lipinski definition) is 6. The van der Waals surface area contributed by atoms with E-state index in [1.54, 1.807) is 0 Å². The van der Waals surface area contributed by atoms with Crippen LogP contribution in [-0.2, 0) is 27.9 Å². The van der Waals surface area contributed by atoms with Gasteiger partial charge in [0.2, 0.25) is 0 Å². The first-order chi connectivity index (χ1) is 33.6. The average molecular weight is 990 g/mol. The van der Waals surface area contributed by atoms with Gasteiger partial charge < -0.3 is 18.9 Å². The summed E-state index contributed by atoms with van der Waals surface area (Å²) in [6.07, 6.45) is 69.6. The molecule has 0 spiro atoms. The monoisotopic (exact) mass is 989 g/mol. The Bertz CT molecular complexity index is 1330. The van der Waals surface area contributed by atoms with Gasteiger partial charge in [-0.1, -0.05) is 228 Å². The fourth-order valence-corrected chi connectivity index (χ4v) is 8.61. The quantitative estimate of drug-likeness (QED) is 0.0213. The van der Waals surface area contributed by atoms with Crippen LogP contribution in [0.4, 0.5) is 0 Å². The molecular formula is C60H111NO7P+. The molecule has 0 fully saturated rings. The van der Waals surface area contributed by atoms with Crippen LogP contribution in [0.2, 0.25) is 0 Å². The first-order valence-corrected chi connectivity index (χ1v) is 30.2. The summed E-state index contributed by atoms with van der Waals surface area (Å²) in [4.78, 5) is 23.1. The van der Waals surface area contributed by atoms with Crippen molar-refractivity contribution in [2.24, 2.45) is 0 Å². The van der Waals surface area contributed by atoms with Gasteiger partial charge in [-0.25, -0.2) is 4.57 Å². The zero-order valence-electron chi connectivity index (χ0n) is 45.8. The number of ether oxygens (including phenoxy) is 2. The Balaban J connectivity index is 4.11. The fourth-order valence-electron chi connectivity index (χ4n) is 7.87. The van der Waals surface area contributed by atoms with Crippen molar-refractivity contribution in [1.82, 2.24) is 0 Å². The average Bonchev–Trinajstić information content (AvgIpc) is 3.31. The van der Waals surface area contributed by atoms with E-state index in [0.717, 1.165) is 70.6 Å². The molecule has 0 aromatic heterocycles. The summed E-state index contributed by atoms with van der Waals surface area (Å²) in [5.41, 5.74) is 0. The molecule has 8 nitrogen and oxygen atoms in total. The molecule has 2 atom stereocenters. The highest BCUT2D eigenvalue weighted by Gasteiger charge is 2.26. The van der Waals surface area contributed by atoms with Gasteiger partial charge >= 0.3 is 13.8 Å². The molecule has 0 saturated heterocycles. The number of carbonyl (C=O) groups excluding carboxylic acids is 1. The lowest BCUT2D eigenvalue weighted by Gasteiger charge is -2.24. The standard InChI is InChI=1S/C60H110NO7P/c1-6-8-10-12-14-16-18-20-22-24-26-28-30-32-34-36-38-40-42-44-46-48-50-52-55-65-57-59(58-67-69(63,64)66-56-54-61(3,4)5)68-60(62)53-51-49-47-45-43-41-39-37-35-33-31-29-27-25-23-21-19-17-15-13-11-9-7-2/h8,10,14,16,20,22,25-28,32,34,59H,6-7,9,11-13,15,17-19,21,23-24,29-31,33,35-58H2,1-5H3/p+1/b10-8-,16-14-,22-20-,27-25-,28-26-,34-32-. The molecule has 69 heavy (non-hydrogen) atoms.